The summed E-state index contributed by atoms with van der Waals surface area (Å²) in [5.41, 5.74) is 2.12. The Labute approximate surface area is 77.7 Å². The first-order valence-electron chi connectivity index (χ1n) is 4.21. The number of hydrogen-bond donors (Lipinski definition) is 0. The Hall–Kier alpha value is -1.63. The van der Waals surface area contributed by atoms with Crippen LogP contribution in [0.5, 0.6) is 0 Å². The maximum absolute atomic E-state index is 4.32. The molecule has 0 saturated carbocycles. The van der Waals surface area contributed by atoms with Gasteiger partial charge in [-0.25, -0.2) is 0 Å². The van der Waals surface area contributed by atoms with Crippen LogP contribution in [0, 0.1) is 6.92 Å². The van der Waals surface area contributed by atoms with Crippen molar-refractivity contribution in [2.45, 2.75) is 0 Å². The number of para-hydroxylation sites is 1. The molecule has 0 aliphatic carbocycles. The summed E-state index contributed by atoms with van der Waals surface area (Å²) in [6.07, 6.45) is 5.56. The van der Waals surface area contributed by atoms with Gasteiger partial charge in [0, 0.05) is 11.6 Å². The standard InChI is InChI=1S/C12H10N/c1-2-5-10-8-11-6-3-4-7-12(11)13-9-10/h2-9H,1H2. The molecule has 0 amide bonds. The lowest BCUT2D eigenvalue weighted by Crippen LogP contribution is -1.79. The van der Waals surface area contributed by atoms with Crippen LogP contribution in [0.15, 0.2) is 42.6 Å². The summed E-state index contributed by atoms with van der Waals surface area (Å²) < 4.78 is 0. The number of allylic oxidation sites excluding steroid dienone is 1. The summed E-state index contributed by atoms with van der Waals surface area (Å²) in [6.45, 7) is 3.65. The minimum Gasteiger partial charge on any atom is -0.256 e. The molecular formula is C12H10N. The van der Waals surface area contributed by atoms with E-state index in [2.05, 4.69) is 24.0 Å². The van der Waals surface area contributed by atoms with Crippen LogP contribution >= 0.6 is 0 Å². The monoisotopic (exact) mass is 168 g/mol. The molecule has 0 aliphatic heterocycles. The quantitative estimate of drug-likeness (QED) is 0.637. The molecule has 0 fully saturated rings. The van der Waals surface area contributed by atoms with Gasteiger partial charge in [0.1, 0.15) is 0 Å². The van der Waals surface area contributed by atoms with Crippen LogP contribution in [-0.2, 0) is 0 Å². The Morgan fingerprint density at radius 3 is 2.92 bits per heavy atom. The van der Waals surface area contributed by atoms with Gasteiger partial charge in [0.15, 0.2) is 0 Å². The molecule has 1 aromatic carbocycles. The minimum atomic E-state index is 1.03. The number of benzene rings is 1. The van der Waals surface area contributed by atoms with Gasteiger partial charge in [0.25, 0.3) is 0 Å². The van der Waals surface area contributed by atoms with Crippen molar-refractivity contribution in [3.05, 3.63) is 55.1 Å². The molecule has 1 heterocycles. The van der Waals surface area contributed by atoms with E-state index in [9.17, 15) is 0 Å². The molecule has 1 aromatic heterocycles. The molecule has 13 heavy (non-hydrogen) atoms. The number of rotatable bonds is 1. The highest BCUT2D eigenvalue weighted by molar-refractivity contribution is 5.80. The van der Waals surface area contributed by atoms with Gasteiger partial charge in [-0.15, -0.1) is 0 Å². The molecule has 2 rings (SSSR count). The van der Waals surface area contributed by atoms with Crippen molar-refractivity contribution < 1.29 is 0 Å². The summed E-state index contributed by atoms with van der Waals surface area (Å²) in [4.78, 5) is 4.32. The maximum atomic E-state index is 4.32. The molecular weight excluding hydrogens is 158 g/mol. The summed E-state index contributed by atoms with van der Waals surface area (Å²) in [5, 5.41) is 1.16. The first-order valence-corrected chi connectivity index (χ1v) is 4.21. The van der Waals surface area contributed by atoms with Gasteiger partial charge < -0.3 is 0 Å². The largest absolute Gasteiger partial charge is 0.256 e. The second-order valence-corrected chi connectivity index (χ2v) is 2.86. The zero-order chi connectivity index (χ0) is 9.10. The highest BCUT2D eigenvalue weighted by Crippen LogP contribution is 2.13. The smallest absolute Gasteiger partial charge is 0.0702 e. The molecule has 2 aromatic rings. The number of nitrogens with zero attached hydrogens (tertiary/aromatic N) is 1. The average molecular weight is 168 g/mol. The molecule has 1 heteroatoms. The lowest BCUT2D eigenvalue weighted by Gasteiger charge is -1.97. The summed E-state index contributed by atoms with van der Waals surface area (Å²) in [5.74, 6) is 0. The fourth-order valence-corrected chi connectivity index (χ4v) is 1.32. The van der Waals surface area contributed by atoms with Crippen LogP contribution < -0.4 is 0 Å². The third kappa shape index (κ3) is 1.59. The van der Waals surface area contributed by atoms with E-state index in [-0.39, 0.29) is 0 Å². The molecule has 1 nitrogen and oxygen atoms in total. The lowest BCUT2D eigenvalue weighted by atomic mass is 10.1. The van der Waals surface area contributed by atoms with Crippen LogP contribution in [0.4, 0.5) is 0 Å². The Kier molecular flexibility index (Phi) is 2.09. The normalized spacial score (nSPS) is 11.2. The minimum absolute atomic E-state index is 1.03. The van der Waals surface area contributed by atoms with E-state index >= 15 is 0 Å². The van der Waals surface area contributed by atoms with Crippen LogP contribution in [0.1, 0.15) is 5.56 Å². The van der Waals surface area contributed by atoms with Gasteiger partial charge in [-0.05, 0) is 24.6 Å². The molecule has 0 atom stereocenters. The Morgan fingerprint density at radius 1 is 1.23 bits per heavy atom. The second kappa shape index (κ2) is 3.40. The van der Waals surface area contributed by atoms with Crippen molar-refractivity contribution in [3.63, 3.8) is 0 Å². The van der Waals surface area contributed by atoms with Crippen LogP contribution in [0.25, 0.3) is 17.0 Å². The van der Waals surface area contributed by atoms with Crippen LogP contribution in [0.3, 0.4) is 0 Å². The van der Waals surface area contributed by atoms with E-state index in [0.29, 0.717) is 0 Å². The maximum Gasteiger partial charge on any atom is 0.0702 e. The number of fused-ring (bicyclic) bond motifs is 1. The zero-order valence-electron chi connectivity index (χ0n) is 7.27. The fourth-order valence-electron chi connectivity index (χ4n) is 1.32. The number of hydrogen-bond acceptors (Lipinski definition) is 1. The molecule has 0 saturated heterocycles. The van der Waals surface area contributed by atoms with E-state index in [0.717, 1.165) is 16.5 Å². The molecule has 1 radical (unpaired) electrons. The van der Waals surface area contributed by atoms with Crippen molar-refractivity contribution in [2.75, 3.05) is 0 Å². The van der Waals surface area contributed by atoms with Gasteiger partial charge in [-0.1, -0.05) is 30.4 Å². The van der Waals surface area contributed by atoms with Crippen molar-refractivity contribution in [2.24, 2.45) is 0 Å². The first-order chi connectivity index (χ1) is 6.40. The highest BCUT2D eigenvalue weighted by Gasteiger charge is 1.92. The van der Waals surface area contributed by atoms with Crippen LogP contribution in [0.2, 0.25) is 0 Å². The second-order valence-electron chi connectivity index (χ2n) is 2.86. The van der Waals surface area contributed by atoms with Crippen molar-refractivity contribution in [1.29, 1.82) is 0 Å². The molecule has 0 unspecified atom stereocenters. The van der Waals surface area contributed by atoms with Crippen LogP contribution in [-0.4, -0.2) is 4.98 Å². The van der Waals surface area contributed by atoms with E-state index in [1.807, 2.05) is 30.5 Å². The van der Waals surface area contributed by atoms with Gasteiger partial charge in [-0.2, -0.15) is 0 Å². The SMILES string of the molecule is [CH2]C=Cc1cnc2ccccc2c1. The summed E-state index contributed by atoms with van der Waals surface area (Å²) >= 11 is 0. The summed E-state index contributed by atoms with van der Waals surface area (Å²) in [6, 6.07) is 10.2. The van der Waals surface area contributed by atoms with Gasteiger partial charge >= 0.3 is 0 Å². The van der Waals surface area contributed by atoms with Crippen molar-refractivity contribution in [1.82, 2.24) is 4.98 Å². The molecule has 0 aliphatic rings. The van der Waals surface area contributed by atoms with Crippen molar-refractivity contribution >= 4 is 17.0 Å². The predicted octanol–water partition coefficient (Wildman–Crippen LogP) is 3.08. The molecule has 0 N–H and O–H groups in total. The predicted molar refractivity (Wildman–Crippen MR) is 56.1 cm³/mol. The molecule has 0 spiro atoms. The van der Waals surface area contributed by atoms with Gasteiger partial charge in [0.2, 0.25) is 0 Å². The highest BCUT2D eigenvalue weighted by atomic mass is 14.6. The van der Waals surface area contributed by atoms with E-state index < -0.39 is 0 Å². The first kappa shape index (κ1) is 7.99. The third-order valence-corrected chi connectivity index (χ3v) is 1.92. The fraction of sp³-hybridized carbons (Fsp3) is 0. The number of pyridine rings is 1. The third-order valence-electron chi connectivity index (χ3n) is 1.92. The summed E-state index contributed by atoms with van der Waals surface area (Å²) in [7, 11) is 0. The van der Waals surface area contributed by atoms with E-state index in [1.165, 1.54) is 0 Å². The van der Waals surface area contributed by atoms with E-state index in [1.54, 1.807) is 6.08 Å². The lowest BCUT2D eigenvalue weighted by molar-refractivity contribution is 1.40. The van der Waals surface area contributed by atoms with Gasteiger partial charge in [-0.3, -0.25) is 4.98 Å². The van der Waals surface area contributed by atoms with E-state index in [4.69, 9.17) is 0 Å². The van der Waals surface area contributed by atoms with Gasteiger partial charge in [0.05, 0.1) is 5.52 Å². The number of aromatic nitrogens is 1. The average Bonchev–Trinajstić information content (AvgIpc) is 2.18. The Balaban J connectivity index is 2.62. The molecule has 0 bridgehead atoms. The topological polar surface area (TPSA) is 12.9 Å². The molecule has 63 valence electrons. The zero-order valence-corrected chi connectivity index (χ0v) is 7.27. The Morgan fingerprint density at radius 2 is 2.08 bits per heavy atom. The Bertz CT molecular complexity index is 444. The van der Waals surface area contributed by atoms with Crippen molar-refractivity contribution in [3.8, 4) is 0 Å².